The summed E-state index contributed by atoms with van der Waals surface area (Å²) >= 11 is 0. The number of hydrogen-bond acceptors (Lipinski definition) is 5. The summed E-state index contributed by atoms with van der Waals surface area (Å²) in [5, 5.41) is 13.1. The van der Waals surface area contributed by atoms with Gasteiger partial charge in [0.05, 0.1) is 48.3 Å². The average Bonchev–Trinajstić information content (AvgIpc) is 3.22. The predicted molar refractivity (Wildman–Crippen MR) is 101 cm³/mol. The molecule has 0 bridgehead atoms. The van der Waals surface area contributed by atoms with Gasteiger partial charge in [-0.15, -0.1) is 0 Å². The number of alkyl halides is 2. The van der Waals surface area contributed by atoms with Gasteiger partial charge in [-0.3, -0.25) is 9.97 Å². The zero-order chi connectivity index (χ0) is 19.7. The van der Waals surface area contributed by atoms with Crippen molar-refractivity contribution in [1.29, 1.82) is 0 Å². The summed E-state index contributed by atoms with van der Waals surface area (Å²) in [4.78, 5) is 12.5. The van der Waals surface area contributed by atoms with Crippen molar-refractivity contribution in [2.24, 2.45) is 5.92 Å². The number of aromatic hydroxyl groups is 1. The fraction of sp³-hybridized carbons (Fsp3) is 0.250. The molecule has 1 unspecified atom stereocenters. The van der Waals surface area contributed by atoms with Crippen LogP contribution >= 0.6 is 0 Å². The quantitative estimate of drug-likeness (QED) is 0.723. The second-order valence-corrected chi connectivity index (χ2v) is 6.76. The van der Waals surface area contributed by atoms with Crippen molar-refractivity contribution in [2.45, 2.75) is 12.3 Å². The van der Waals surface area contributed by atoms with E-state index >= 15 is 0 Å². The van der Waals surface area contributed by atoms with Crippen LogP contribution in [0.1, 0.15) is 12.1 Å². The number of benzene rings is 1. The minimum absolute atomic E-state index is 0.0389. The molecule has 0 aliphatic carbocycles. The van der Waals surface area contributed by atoms with E-state index < -0.39 is 11.8 Å². The Bertz CT molecular complexity index is 986. The Morgan fingerprint density at radius 2 is 2.14 bits per heavy atom. The lowest BCUT2D eigenvalue weighted by molar-refractivity contribution is -0.0508. The summed E-state index contributed by atoms with van der Waals surface area (Å²) in [5.74, 6) is -3.79. The van der Waals surface area contributed by atoms with Gasteiger partial charge in [-0.2, -0.15) is 0 Å². The molecule has 1 aliphatic heterocycles. The summed E-state index contributed by atoms with van der Waals surface area (Å²) < 4.78 is 30.1. The first-order valence-electron chi connectivity index (χ1n) is 8.87. The lowest BCUT2D eigenvalue weighted by Gasteiger charge is -2.32. The molecule has 8 heteroatoms. The van der Waals surface area contributed by atoms with Crippen LogP contribution in [0.3, 0.4) is 0 Å². The number of allylic oxidation sites excluding steroid dienone is 1. The normalized spacial score (nSPS) is 18.7. The van der Waals surface area contributed by atoms with Crippen molar-refractivity contribution < 1.29 is 13.9 Å². The van der Waals surface area contributed by atoms with Crippen LogP contribution in [0.2, 0.25) is 0 Å². The van der Waals surface area contributed by atoms with E-state index in [9.17, 15) is 13.9 Å². The third-order valence-electron chi connectivity index (χ3n) is 4.94. The van der Waals surface area contributed by atoms with E-state index in [0.717, 1.165) is 5.69 Å². The Hall–Kier alpha value is -3.13. The number of phenols is 1. The summed E-state index contributed by atoms with van der Waals surface area (Å²) in [5.41, 5.74) is 2.32. The molecule has 0 amide bonds. The summed E-state index contributed by atoms with van der Waals surface area (Å²) in [7, 11) is 0. The van der Waals surface area contributed by atoms with E-state index in [1.54, 1.807) is 35.4 Å². The Morgan fingerprint density at radius 1 is 1.29 bits per heavy atom. The Morgan fingerprint density at radius 3 is 2.79 bits per heavy atom. The fourth-order valence-corrected chi connectivity index (χ4v) is 3.39. The Balaban J connectivity index is 1.57. The SMILES string of the molecule is C=C(c1cnc(-c2ccc(-n3ccnc3)cc2O)cn1)C1CCNCC1(F)F. The van der Waals surface area contributed by atoms with E-state index in [1.807, 2.05) is 6.07 Å². The molecule has 28 heavy (non-hydrogen) atoms. The van der Waals surface area contributed by atoms with Gasteiger partial charge in [0.15, 0.2) is 0 Å². The van der Waals surface area contributed by atoms with E-state index in [1.165, 1.54) is 12.4 Å². The standard InChI is InChI=1S/C20H19F2N5O/c1-13(16-4-5-23-11-20(16,21)22)17-9-26-18(10-25-17)15-3-2-14(8-19(15)28)27-7-6-24-12-27/h2-3,6-10,12,16,23,28H,1,4-5,11H2. The number of rotatable bonds is 4. The summed E-state index contributed by atoms with van der Waals surface area (Å²) in [6.07, 6.45) is 8.24. The van der Waals surface area contributed by atoms with Crippen molar-refractivity contribution in [3.63, 3.8) is 0 Å². The van der Waals surface area contributed by atoms with Crippen LogP contribution in [0.5, 0.6) is 5.75 Å². The Kier molecular flexibility index (Phi) is 4.64. The number of piperidine rings is 1. The van der Waals surface area contributed by atoms with Gasteiger partial charge >= 0.3 is 0 Å². The first kappa shape index (κ1) is 18.2. The first-order valence-corrected chi connectivity index (χ1v) is 8.87. The maximum absolute atomic E-state index is 14.1. The predicted octanol–water partition coefficient (Wildman–Crippen LogP) is 3.29. The van der Waals surface area contributed by atoms with Gasteiger partial charge in [0.25, 0.3) is 5.92 Å². The molecule has 4 rings (SSSR count). The molecule has 0 spiro atoms. The topological polar surface area (TPSA) is 75.9 Å². The largest absolute Gasteiger partial charge is 0.507 e. The van der Waals surface area contributed by atoms with Gasteiger partial charge in [-0.25, -0.2) is 13.8 Å². The highest BCUT2D eigenvalue weighted by atomic mass is 19.3. The lowest BCUT2D eigenvalue weighted by atomic mass is 9.86. The first-order chi connectivity index (χ1) is 13.5. The molecule has 1 aromatic carbocycles. The highest BCUT2D eigenvalue weighted by molar-refractivity contribution is 5.69. The van der Waals surface area contributed by atoms with Gasteiger partial charge in [-0.1, -0.05) is 6.58 Å². The van der Waals surface area contributed by atoms with Crippen molar-refractivity contribution in [3.8, 4) is 22.7 Å². The molecule has 1 atom stereocenters. The molecule has 1 fully saturated rings. The average molecular weight is 383 g/mol. The molecule has 0 saturated carbocycles. The molecule has 2 N–H and O–H groups in total. The monoisotopic (exact) mass is 383 g/mol. The maximum atomic E-state index is 14.1. The number of hydrogen-bond donors (Lipinski definition) is 2. The second kappa shape index (κ2) is 7.12. The highest BCUT2D eigenvalue weighted by Gasteiger charge is 2.43. The van der Waals surface area contributed by atoms with Gasteiger partial charge < -0.3 is 15.0 Å². The van der Waals surface area contributed by atoms with Crippen LogP contribution < -0.4 is 5.32 Å². The van der Waals surface area contributed by atoms with Crippen LogP contribution in [0.15, 0.2) is 55.9 Å². The van der Waals surface area contributed by atoms with Crippen molar-refractivity contribution >= 4 is 5.57 Å². The molecule has 3 heterocycles. The molecule has 3 aromatic rings. The summed E-state index contributed by atoms with van der Waals surface area (Å²) in [6.45, 7) is 3.99. The minimum Gasteiger partial charge on any atom is -0.507 e. The lowest BCUT2D eigenvalue weighted by Crippen LogP contribution is -2.46. The number of phenolic OH excluding ortho intramolecular Hbond substituents is 1. The highest BCUT2D eigenvalue weighted by Crippen LogP contribution is 2.38. The van der Waals surface area contributed by atoms with Crippen LogP contribution in [-0.2, 0) is 0 Å². The van der Waals surface area contributed by atoms with E-state index in [0.29, 0.717) is 29.9 Å². The third kappa shape index (κ3) is 3.38. The second-order valence-electron chi connectivity index (χ2n) is 6.76. The van der Waals surface area contributed by atoms with E-state index in [-0.39, 0.29) is 17.9 Å². The molecule has 2 aromatic heterocycles. The smallest absolute Gasteiger partial charge is 0.267 e. The molecule has 1 saturated heterocycles. The van der Waals surface area contributed by atoms with E-state index in [2.05, 4.69) is 26.8 Å². The molecule has 144 valence electrons. The van der Waals surface area contributed by atoms with Crippen molar-refractivity contribution in [3.05, 3.63) is 61.6 Å². The molecule has 1 aliphatic rings. The number of imidazole rings is 1. The number of halogens is 2. The maximum Gasteiger partial charge on any atom is 0.267 e. The molecular formula is C20H19F2N5O. The molecular weight excluding hydrogens is 364 g/mol. The van der Waals surface area contributed by atoms with Gasteiger partial charge in [-0.05, 0) is 30.7 Å². The minimum atomic E-state index is -2.86. The van der Waals surface area contributed by atoms with Crippen molar-refractivity contribution in [1.82, 2.24) is 24.8 Å². The van der Waals surface area contributed by atoms with Crippen LogP contribution in [0.4, 0.5) is 8.78 Å². The van der Waals surface area contributed by atoms with Crippen molar-refractivity contribution in [2.75, 3.05) is 13.1 Å². The molecule has 0 radical (unpaired) electrons. The fourth-order valence-electron chi connectivity index (χ4n) is 3.39. The Labute approximate surface area is 160 Å². The van der Waals surface area contributed by atoms with Gasteiger partial charge in [0.1, 0.15) is 5.75 Å². The van der Waals surface area contributed by atoms with Gasteiger partial charge in [0.2, 0.25) is 0 Å². The number of nitrogens with zero attached hydrogens (tertiary/aromatic N) is 4. The zero-order valence-corrected chi connectivity index (χ0v) is 15.0. The zero-order valence-electron chi connectivity index (χ0n) is 15.0. The number of aromatic nitrogens is 4. The molecule has 6 nitrogen and oxygen atoms in total. The van der Waals surface area contributed by atoms with Gasteiger partial charge in [0, 0.05) is 24.0 Å². The van der Waals surface area contributed by atoms with E-state index in [4.69, 9.17) is 0 Å². The van der Waals surface area contributed by atoms with Crippen LogP contribution in [0, 0.1) is 5.92 Å². The third-order valence-corrected chi connectivity index (χ3v) is 4.94. The van der Waals surface area contributed by atoms with Crippen LogP contribution in [0.25, 0.3) is 22.5 Å². The number of nitrogens with one attached hydrogen (secondary N) is 1. The van der Waals surface area contributed by atoms with Crippen LogP contribution in [-0.4, -0.2) is 43.6 Å². The summed E-state index contributed by atoms with van der Waals surface area (Å²) in [6, 6.07) is 5.14.